The number of nitrogens with one attached hydrogen (secondary N) is 1. The molecule has 0 aliphatic carbocycles. The summed E-state index contributed by atoms with van der Waals surface area (Å²) in [5.41, 5.74) is 0.637. The first-order valence-electron chi connectivity index (χ1n) is 7.59. The molecule has 1 saturated heterocycles. The summed E-state index contributed by atoms with van der Waals surface area (Å²) in [4.78, 5) is 28.0. The van der Waals surface area contributed by atoms with E-state index in [1.807, 2.05) is 11.9 Å². The summed E-state index contributed by atoms with van der Waals surface area (Å²) in [7, 11) is 1.88. The summed E-state index contributed by atoms with van der Waals surface area (Å²) in [6, 6.07) is 6.91. The maximum Gasteiger partial charge on any atom is 0.253 e. The molecular formula is C16H22ClN3O2. The van der Waals surface area contributed by atoms with E-state index in [0.29, 0.717) is 43.2 Å². The molecule has 2 amide bonds. The minimum absolute atomic E-state index is 0.000973. The van der Waals surface area contributed by atoms with E-state index in [0.717, 1.165) is 13.0 Å². The zero-order chi connectivity index (χ0) is 15.9. The van der Waals surface area contributed by atoms with Gasteiger partial charge in [-0.2, -0.15) is 0 Å². The van der Waals surface area contributed by atoms with E-state index < -0.39 is 0 Å². The predicted octanol–water partition coefficient (Wildman–Crippen LogP) is 1.62. The lowest BCUT2D eigenvalue weighted by Gasteiger charge is -2.35. The Morgan fingerprint density at radius 3 is 2.27 bits per heavy atom. The fourth-order valence-corrected chi connectivity index (χ4v) is 2.63. The third kappa shape index (κ3) is 4.45. The van der Waals surface area contributed by atoms with Gasteiger partial charge in [-0.3, -0.25) is 9.59 Å². The molecule has 5 nitrogen and oxygen atoms in total. The molecular weight excluding hydrogens is 302 g/mol. The molecule has 0 bridgehead atoms. The predicted molar refractivity (Wildman–Crippen MR) is 87.1 cm³/mol. The number of hydrogen-bond acceptors (Lipinski definition) is 3. The van der Waals surface area contributed by atoms with Crippen molar-refractivity contribution >= 4 is 23.4 Å². The van der Waals surface area contributed by atoms with Gasteiger partial charge in [-0.05, 0) is 44.3 Å². The summed E-state index contributed by atoms with van der Waals surface area (Å²) in [6.07, 6.45) is 1.41. The van der Waals surface area contributed by atoms with Crippen LogP contribution in [0.2, 0.25) is 5.02 Å². The van der Waals surface area contributed by atoms with E-state index in [9.17, 15) is 9.59 Å². The molecule has 22 heavy (non-hydrogen) atoms. The van der Waals surface area contributed by atoms with Gasteiger partial charge < -0.3 is 15.1 Å². The number of rotatable bonds is 5. The largest absolute Gasteiger partial charge is 0.339 e. The molecule has 120 valence electrons. The molecule has 1 aromatic rings. The van der Waals surface area contributed by atoms with Gasteiger partial charge in [0.1, 0.15) is 0 Å². The number of halogens is 1. The minimum Gasteiger partial charge on any atom is -0.339 e. The van der Waals surface area contributed by atoms with Gasteiger partial charge >= 0.3 is 0 Å². The summed E-state index contributed by atoms with van der Waals surface area (Å²) in [5.74, 6) is 0.174. The number of nitrogens with zero attached hydrogens (tertiary/aromatic N) is 2. The van der Waals surface area contributed by atoms with Gasteiger partial charge in [0.05, 0.1) is 0 Å². The second-order valence-corrected chi connectivity index (χ2v) is 5.82. The molecule has 2 rings (SSSR count). The molecule has 0 unspecified atom stereocenters. The van der Waals surface area contributed by atoms with E-state index in [1.165, 1.54) is 0 Å². The van der Waals surface area contributed by atoms with Crippen LogP contribution in [0.15, 0.2) is 24.3 Å². The normalized spacial score (nSPS) is 15.0. The first-order valence-corrected chi connectivity index (χ1v) is 7.97. The van der Waals surface area contributed by atoms with Crippen LogP contribution in [-0.2, 0) is 4.79 Å². The topological polar surface area (TPSA) is 52.7 Å². The number of carbonyl (C=O) groups is 2. The molecule has 1 heterocycles. The molecule has 1 fully saturated rings. The van der Waals surface area contributed by atoms with Crippen LogP contribution >= 0.6 is 11.6 Å². The maximum absolute atomic E-state index is 12.4. The number of amides is 2. The Morgan fingerprint density at radius 1 is 1.09 bits per heavy atom. The van der Waals surface area contributed by atoms with Crippen molar-refractivity contribution in [1.82, 2.24) is 15.1 Å². The number of carbonyl (C=O) groups excluding carboxylic acids is 2. The quantitative estimate of drug-likeness (QED) is 0.838. The SMILES string of the molecule is CNCCCC(=O)N1CCN(C(=O)c2ccc(Cl)cc2)CC1. The highest BCUT2D eigenvalue weighted by Crippen LogP contribution is 2.13. The first-order chi connectivity index (χ1) is 10.6. The lowest BCUT2D eigenvalue weighted by molar-refractivity contribution is -0.132. The zero-order valence-electron chi connectivity index (χ0n) is 12.8. The monoisotopic (exact) mass is 323 g/mol. The molecule has 0 saturated carbocycles. The van der Waals surface area contributed by atoms with Crippen molar-refractivity contribution < 1.29 is 9.59 Å². The molecule has 0 radical (unpaired) electrons. The Kier molecular flexibility index (Phi) is 6.21. The summed E-state index contributed by atoms with van der Waals surface area (Å²) in [5, 5.41) is 3.66. The number of benzene rings is 1. The Labute approximate surface area is 136 Å². The Bertz CT molecular complexity index is 511. The van der Waals surface area contributed by atoms with Crippen LogP contribution < -0.4 is 5.32 Å². The summed E-state index contributed by atoms with van der Waals surface area (Å²) in [6.45, 7) is 3.23. The second kappa shape index (κ2) is 8.15. The van der Waals surface area contributed by atoms with Crippen molar-refractivity contribution in [2.45, 2.75) is 12.8 Å². The van der Waals surface area contributed by atoms with Crippen molar-refractivity contribution in [3.63, 3.8) is 0 Å². The average molecular weight is 324 g/mol. The van der Waals surface area contributed by atoms with E-state index in [-0.39, 0.29) is 11.8 Å². The fourth-order valence-electron chi connectivity index (χ4n) is 2.51. The lowest BCUT2D eigenvalue weighted by Crippen LogP contribution is -2.50. The molecule has 1 aliphatic rings. The van der Waals surface area contributed by atoms with Crippen molar-refractivity contribution in [3.8, 4) is 0 Å². The smallest absolute Gasteiger partial charge is 0.253 e. The molecule has 1 aliphatic heterocycles. The molecule has 6 heteroatoms. The van der Waals surface area contributed by atoms with E-state index in [4.69, 9.17) is 11.6 Å². The lowest BCUT2D eigenvalue weighted by atomic mass is 10.1. The summed E-state index contributed by atoms with van der Waals surface area (Å²) < 4.78 is 0. The van der Waals surface area contributed by atoms with Gasteiger partial charge in [-0.15, -0.1) is 0 Å². The van der Waals surface area contributed by atoms with Crippen LogP contribution in [0.3, 0.4) is 0 Å². The highest BCUT2D eigenvalue weighted by molar-refractivity contribution is 6.30. The van der Waals surface area contributed by atoms with Gasteiger partial charge in [-0.25, -0.2) is 0 Å². The third-order valence-corrected chi connectivity index (χ3v) is 4.08. The first kappa shape index (κ1) is 16.8. The maximum atomic E-state index is 12.4. The standard InChI is InChI=1S/C16H22ClN3O2/c1-18-8-2-3-15(21)19-9-11-20(12-10-19)16(22)13-4-6-14(17)7-5-13/h4-7,18H,2-3,8-12H2,1H3. The van der Waals surface area contributed by atoms with Gasteiger partial charge in [-0.1, -0.05) is 11.6 Å². The molecule has 1 N–H and O–H groups in total. The molecule has 0 spiro atoms. The van der Waals surface area contributed by atoms with Crippen LogP contribution in [0.5, 0.6) is 0 Å². The van der Waals surface area contributed by atoms with Crippen LogP contribution in [0.4, 0.5) is 0 Å². The van der Waals surface area contributed by atoms with Gasteiger partial charge in [0.2, 0.25) is 5.91 Å². The molecule has 1 aromatic carbocycles. The highest BCUT2D eigenvalue weighted by Gasteiger charge is 2.24. The Hall–Kier alpha value is -1.59. The van der Waals surface area contributed by atoms with Crippen LogP contribution in [-0.4, -0.2) is 61.4 Å². The van der Waals surface area contributed by atoms with E-state index >= 15 is 0 Å². The van der Waals surface area contributed by atoms with Gasteiger partial charge in [0.15, 0.2) is 0 Å². The zero-order valence-corrected chi connectivity index (χ0v) is 13.6. The Balaban J connectivity index is 1.82. The van der Waals surface area contributed by atoms with E-state index in [1.54, 1.807) is 29.2 Å². The van der Waals surface area contributed by atoms with Crippen LogP contribution in [0.25, 0.3) is 0 Å². The second-order valence-electron chi connectivity index (χ2n) is 5.39. The molecule has 0 aromatic heterocycles. The van der Waals surface area contributed by atoms with Crippen molar-refractivity contribution in [3.05, 3.63) is 34.9 Å². The third-order valence-electron chi connectivity index (χ3n) is 3.83. The molecule has 0 atom stereocenters. The minimum atomic E-state index is -0.000973. The van der Waals surface area contributed by atoms with E-state index in [2.05, 4.69) is 5.32 Å². The average Bonchev–Trinajstić information content (AvgIpc) is 2.55. The van der Waals surface area contributed by atoms with Crippen molar-refractivity contribution in [2.75, 3.05) is 39.8 Å². The van der Waals surface area contributed by atoms with Crippen LogP contribution in [0, 0.1) is 0 Å². The highest BCUT2D eigenvalue weighted by atomic mass is 35.5. The van der Waals surface area contributed by atoms with Crippen molar-refractivity contribution in [1.29, 1.82) is 0 Å². The van der Waals surface area contributed by atoms with Crippen molar-refractivity contribution in [2.24, 2.45) is 0 Å². The Morgan fingerprint density at radius 2 is 1.68 bits per heavy atom. The van der Waals surface area contributed by atoms with Gasteiger partial charge in [0, 0.05) is 43.2 Å². The van der Waals surface area contributed by atoms with Crippen LogP contribution in [0.1, 0.15) is 23.2 Å². The van der Waals surface area contributed by atoms with Gasteiger partial charge in [0.25, 0.3) is 5.91 Å². The summed E-state index contributed by atoms with van der Waals surface area (Å²) >= 11 is 5.83. The fraction of sp³-hybridized carbons (Fsp3) is 0.500. The number of piperazine rings is 1. The number of hydrogen-bond donors (Lipinski definition) is 1.